The molecule has 18 heavy (non-hydrogen) atoms. The molecule has 1 aliphatic heterocycles. The zero-order valence-electron chi connectivity index (χ0n) is 10.6. The molecule has 1 heterocycles. The fraction of sp³-hybridized carbons (Fsp3) is 0.917. The van der Waals surface area contributed by atoms with Crippen LogP contribution in [-0.4, -0.2) is 41.0 Å². The standard InChI is InChI=1S/C12H22N2OS2.ClH/c13-10-3-1-2-9(6-10)12(15)14-7-11-8-16-4-5-17-11;/h9-11H,1-8,13H2,(H,14,15);1H. The Morgan fingerprint density at radius 3 is 2.83 bits per heavy atom. The van der Waals surface area contributed by atoms with Crippen molar-refractivity contribution in [2.75, 3.05) is 23.8 Å². The van der Waals surface area contributed by atoms with Crippen LogP contribution in [0.25, 0.3) is 0 Å². The van der Waals surface area contributed by atoms with Crippen LogP contribution >= 0.6 is 35.9 Å². The van der Waals surface area contributed by atoms with Crippen LogP contribution in [0.2, 0.25) is 0 Å². The minimum absolute atomic E-state index is 0. The van der Waals surface area contributed by atoms with E-state index >= 15 is 0 Å². The van der Waals surface area contributed by atoms with Crippen LogP contribution in [0.15, 0.2) is 0 Å². The smallest absolute Gasteiger partial charge is 0.223 e. The molecule has 2 rings (SSSR count). The van der Waals surface area contributed by atoms with Crippen molar-refractivity contribution in [2.45, 2.75) is 37.0 Å². The van der Waals surface area contributed by atoms with Crippen LogP contribution in [-0.2, 0) is 4.79 Å². The SMILES string of the molecule is Cl.NC1CCCC(C(=O)NCC2CSCCS2)C1. The van der Waals surface area contributed by atoms with Gasteiger partial charge >= 0.3 is 0 Å². The van der Waals surface area contributed by atoms with E-state index in [1.807, 2.05) is 23.5 Å². The predicted octanol–water partition coefficient (Wildman–Crippen LogP) is 1.89. The van der Waals surface area contributed by atoms with Crippen LogP contribution in [0.1, 0.15) is 25.7 Å². The summed E-state index contributed by atoms with van der Waals surface area (Å²) in [5.74, 6) is 4.05. The average Bonchev–Trinajstić information content (AvgIpc) is 2.37. The number of nitrogens with one attached hydrogen (secondary N) is 1. The molecule has 0 aromatic rings. The van der Waals surface area contributed by atoms with Gasteiger partial charge in [0.05, 0.1) is 0 Å². The molecule has 1 saturated heterocycles. The lowest BCUT2D eigenvalue weighted by atomic mass is 9.85. The van der Waals surface area contributed by atoms with Crippen molar-refractivity contribution in [1.29, 1.82) is 0 Å². The normalized spacial score (nSPS) is 32.4. The summed E-state index contributed by atoms with van der Waals surface area (Å²) in [6.45, 7) is 0.836. The monoisotopic (exact) mass is 310 g/mol. The minimum atomic E-state index is 0. The van der Waals surface area contributed by atoms with Crippen molar-refractivity contribution in [3.8, 4) is 0 Å². The third-order valence-electron chi connectivity index (χ3n) is 3.47. The van der Waals surface area contributed by atoms with Crippen LogP contribution in [0.4, 0.5) is 0 Å². The molecular formula is C12H23ClN2OS2. The number of thioether (sulfide) groups is 2. The molecule has 3 nitrogen and oxygen atoms in total. The Morgan fingerprint density at radius 2 is 2.17 bits per heavy atom. The Labute approximate surface area is 124 Å². The lowest BCUT2D eigenvalue weighted by Crippen LogP contribution is -2.40. The number of hydrogen-bond donors (Lipinski definition) is 2. The maximum absolute atomic E-state index is 12.0. The van der Waals surface area contributed by atoms with Gasteiger partial charge in [-0.3, -0.25) is 4.79 Å². The number of carbonyl (C=O) groups is 1. The molecule has 3 atom stereocenters. The second-order valence-corrected chi connectivity index (χ2v) is 7.49. The third-order valence-corrected chi connectivity index (χ3v) is 6.32. The highest BCUT2D eigenvalue weighted by atomic mass is 35.5. The summed E-state index contributed by atoms with van der Waals surface area (Å²) in [6, 6.07) is 0.235. The molecule has 3 unspecified atom stereocenters. The quantitative estimate of drug-likeness (QED) is 0.836. The van der Waals surface area contributed by atoms with Crippen LogP contribution < -0.4 is 11.1 Å². The van der Waals surface area contributed by atoms with E-state index < -0.39 is 0 Å². The van der Waals surface area contributed by atoms with Crippen molar-refractivity contribution in [3.05, 3.63) is 0 Å². The lowest BCUT2D eigenvalue weighted by molar-refractivity contribution is -0.126. The van der Waals surface area contributed by atoms with E-state index in [9.17, 15) is 4.79 Å². The molecule has 0 radical (unpaired) electrons. The van der Waals surface area contributed by atoms with Crippen molar-refractivity contribution in [2.24, 2.45) is 11.7 Å². The van der Waals surface area contributed by atoms with Gasteiger partial charge in [0.1, 0.15) is 0 Å². The van der Waals surface area contributed by atoms with Crippen LogP contribution in [0, 0.1) is 5.92 Å². The number of nitrogens with two attached hydrogens (primary N) is 1. The minimum Gasteiger partial charge on any atom is -0.355 e. The molecule has 0 bridgehead atoms. The van der Waals surface area contributed by atoms with Gasteiger partial charge in [-0.15, -0.1) is 12.4 Å². The molecule has 3 N–H and O–H groups in total. The number of carbonyl (C=O) groups excluding carboxylic acids is 1. The summed E-state index contributed by atoms with van der Waals surface area (Å²) >= 11 is 3.99. The van der Waals surface area contributed by atoms with Crippen molar-refractivity contribution >= 4 is 41.8 Å². The fourth-order valence-corrected chi connectivity index (χ4v) is 5.09. The van der Waals surface area contributed by atoms with E-state index in [4.69, 9.17) is 5.73 Å². The number of halogens is 1. The van der Waals surface area contributed by atoms with Gasteiger partial charge in [-0.1, -0.05) is 6.42 Å². The van der Waals surface area contributed by atoms with Crippen molar-refractivity contribution in [3.63, 3.8) is 0 Å². The summed E-state index contributed by atoms with van der Waals surface area (Å²) in [5, 5.41) is 3.72. The Morgan fingerprint density at radius 1 is 1.33 bits per heavy atom. The van der Waals surface area contributed by atoms with Gasteiger partial charge in [0.2, 0.25) is 5.91 Å². The van der Waals surface area contributed by atoms with Gasteiger partial charge in [-0.05, 0) is 19.3 Å². The first-order valence-electron chi connectivity index (χ1n) is 6.48. The Balaban J connectivity index is 0.00000162. The van der Waals surface area contributed by atoms with E-state index in [1.54, 1.807) is 0 Å². The molecule has 106 valence electrons. The van der Waals surface area contributed by atoms with E-state index in [0.29, 0.717) is 5.25 Å². The first-order chi connectivity index (χ1) is 8.25. The van der Waals surface area contributed by atoms with Gasteiger partial charge in [0, 0.05) is 41.0 Å². The zero-order valence-corrected chi connectivity index (χ0v) is 13.0. The summed E-state index contributed by atoms with van der Waals surface area (Å²) in [6.07, 6.45) is 4.08. The number of amides is 1. The van der Waals surface area contributed by atoms with E-state index in [0.717, 1.165) is 32.2 Å². The maximum atomic E-state index is 12.0. The molecule has 2 aliphatic rings. The maximum Gasteiger partial charge on any atom is 0.223 e. The van der Waals surface area contributed by atoms with Gasteiger partial charge in [0.15, 0.2) is 0 Å². The van der Waals surface area contributed by atoms with Gasteiger partial charge in [-0.2, -0.15) is 23.5 Å². The largest absolute Gasteiger partial charge is 0.355 e. The number of rotatable bonds is 3. The molecule has 0 spiro atoms. The topological polar surface area (TPSA) is 55.1 Å². The second-order valence-electron chi connectivity index (χ2n) is 4.94. The predicted molar refractivity (Wildman–Crippen MR) is 83.8 cm³/mol. The molecule has 0 aromatic heterocycles. The summed E-state index contributed by atoms with van der Waals surface area (Å²) in [5.41, 5.74) is 5.91. The van der Waals surface area contributed by atoms with Gasteiger partial charge < -0.3 is 11.1 Å². The Hall–Kier alpha value is 0.420. The van der Waals surface area contributed by atoms with Crippen LogP contribution in [0.5, 0.6) is 0 Å². The zero-order chi connectivity index (χ0) is 12.1. The van der Waals surface area contributed by atoms with Crippen molar-refractivity contribution in [1.82, 2.24) is 5.32 Å². The molecular weight excluding hydrogens is 288 g/mol. The summed E-state index contributed by atoms with van der Waals surface area (Å²) in [7, 11) is 0. The molecule has 1 aliphatic carbocycles. The summed E-state index contributed by atoms with van der Waals surface area (Å²) < 4.78 is 0. The fourth-order valence-electron chi connectivity index (χ4n) is 2.48. The average molecular weight is 311 g/mol. The highest BCUT2D eigenvalue weighted by Crippen LogP contribution is 2.25. The molecule has 1 saturated carbocycles. The molecule has 1 amide bonds. The lowest BCUT2D eigenvalue weighted by Gasteiger charge is -2.27. The van der Waals surface area contributed by atoms with Crippen LogP contribution in [0.3, 0.4) is 0 Å². The van der Waals surface area contributed by atoms with E-state index in [2.05, 4.69) is 5.32 Å². The number of hydrogen-bond acceptors (Lipinski definition) is 4. The second kappa shape index (κ2) is 8.56. The third kappa shape index (κ3) is 5.19. The van der Waals surface area contributed by atoms with E-state index in [1.165, 1.54) is 17.3 Å². The first-order valence-corrected chi connectivity index (χ1v) is 8.68. The molecule has 0 aromatic carbocycles. The highest BCUT2D eigenvalue weighted by molar-refractivity contribution is 8.06. The van der Waals surface area contributed by atoms with Gasteiger partial charge in [0.25, 0.3) is 0 Å². The Kier molecular flexibility index (Phi) is 7.84. The van der Waals surface area contributed by atoms with Gasteiger partial charge in [-0.25, -0.2) is 0 Å². The highest BCUT2D eigenvalue weighted by Gasteiger charge is 2.25. The summed E-state index contributed by atoms with van der Waals surface area (Å²) in [4.78, 5) is 12.0. The molecule has 6 heteroatoms. The molecule has 2 fully saturated rings. The van der Waals surface area contributed by atoms with Crippen molar-refractivity contribution < 1.29 is 4.79 Å². The van der Waals surface area contributed by atoms with E-state index in [-0.39, 0.29) is 30.3 Å². The Bertz CT molecular complexity index is 262. The first kappa shape index (κ1) is 16.5.